The molecular weight excluding hydrogens is 546 g/mol. The first-order chi connectivity index (χ1) is 21.7. The van der Waals surface area contributed by atoms with E-state index < -0.39 is 0 Å². The van der Waals surface area contributed by atoms with Crippen molar-refractivity contribution >= 4 is 11.8 Å². The average molecular weight is 618 g/mol. The Kier molecular flexibility index (Phi) is 28.4. The molecule has 0 spiro atoms. The van der Waals surface area contributed by atoms with Crippen LogP contribution in [0.3, 0.4) is 0 Å². The number of H-pyrrole nitrogens is 1. The zero-order valence-electron chi connectivity index (χ0n) is 29.1. The molecule has 1 rings (SSSR count). The summed E-state index contributed by atoms with van der Waals surface area (Å²) in [5, 5.41) is 6.22. The zero-order chi connectivity index (χ0) is 31.8. The quantitative estimate of drug-likeness (QED) is 0.0687. The number of hydrogen-bond acceptors (Lipinski definition) is 4. The van der Waals surface area contributed by atoms with Crippen molar-refractivity contribution in [1.82, 2.24) is 25.5 Å². The van der Waals surface area contributed by atoms with Crippen molar-refractivity contribution in [2.24, 2.45) is 0 Å². The van der Waals surface area contributed by atoms with Crippen LogP contribution in [-0.2, 0) is 16.0 Å². The predicted molar refractivity (Wildman–Crippen MR) is 187 cm³/mol. The van der Waals surface area contributed by atoms with Crippen molar-refractivity contribution in [3.05, 3.63) is 18.2 Å². The smallest absolute Gasteiger partial charge is 0.221 e. The first-order valence-corrected chi connectivity index (χ1v) is 18.9. The van der Waals surface area contributed by atoms with Crippen molar-refractivity contribution < 1.29 is 9.59 Å². The molecule has 0 saturated heterocycles. The molecule has 0 fully saturated rings. The highest BCUT2D eigenvalue weighted by molar-refractivity contribution is 5.76. The van der Waals surface area contributed by atoms with Crippen LogP contribution in [-0.4, -0.2) is 59.4 Å². The molecule has 0 unspecified atom stereocenters. The number of carbonyl (C=O) groups is 2. The maximum Gasteiger partial charge on any atom is 0.221 e. The molecule has 0 atom stereocenters. The van der Waals surface area contributed by atoms with E-state index >= 15 is 0 Å². The van der Waals surface area contributed by atoms with Crippen LogP contribution in [0.2, 0.25) is 0 Å². The number of imidazole rings is 1. The summed E-state index contributed by atoms with van der Waals surface area (Å²) in [6.07, 6.45) is 34.2. The second-order valence-corrected chi connectivity index (χ2v) is 12.9. The van der Waals surface area contributed by atoms with Gasteiger partial charge in [0.15, 0.2) is 0 Å². The topological polar surface area (TPSA) is 90.1 Å². The highest BCUT2D eigenvalue weighted by Crippen LogP contribution is 2.12. The zero-order valence-corrected chi connectivity index (χ0v) is 29.1. The Morgan fingerprint density at radius 1 is 0.591 bits per heavy atom. The summed E-state index contributed by atoms with van der Waals surface area (Å²) in [6, 6.07) is 0. The van der Waals surface area contributed by atoms with E-state index in [1.807, 2.05) is 6.20 Å². The third kappa shape index (κ3) is 26.5. The fraction of sp³-hybridized carbons (Fsp3) is 0.865. The van der Waals surface area contributed by atoms with Crippen LogP contribution in [0.15, 0.2) is 12.5 Å². The van der Waals surface area contributed by atoms with Gasteiger partial charge in [-0.2, -0.15) is 0 Å². The minimum absolute atomic E-state index is 0.115. The van der Waals surface area contributed by atoms with Gasteiger partial charge < -0.3 is 20.5 Å². The number of nitrogens with one attached hydrogen (secondary N) is 3. The highest BCUT2D eigenvalue weighted by Gasteiger charge is 2.11. The molecule has 0 aromatic carbocycles. The molecule has 0 aliphatic heterocycles. The lowest BCUT2D eigenvalue weighted by Crippen LogP contribution is -2.35. The Labute approximate surface area is 271 Å². The molecule has 0 saturated carbocycles. The van der Waals surface area contributed by atoms with E-state index in [9.17, 15) is 9.59 Å². The van der Waals surface area contributed by atoms with Crippen LogP contribution in [0.5, 0.6) is 0 Å². The normalized spacial score (nSPS) is 11.3. The minimum Gasteiger partial charge on any atom is -0.356 e. The number of rotatable bonds is 33. The number of unbranched alkanes of at least 4 members (excludes halogenated alkanes) is 20. The largest absolute Gasteiger partial charge is 0.356 e. The fourth-order valence-corrected chi connectivity index (χ4v) is 5.77. The van der Waals surface area contributed by atoms with Crippen LogP contribution >= 0.6 is 0 Å². The number of amides is 2. The van der Waals surface area contributed by atoms with Crippen molar-refractivity contribution in [3.8, 4) is 0 Å². The van der Waals surface area contributed by atoms with E-state index in [1.54, 1.807) is 6.33 Å². The number of aromatic amines is 1. The van der Waals surface area contributed by atoms with Gasteiger partial charge in [0.1, 0.15) is 0 Å². The average Bonchev–Trinajstić information content (AvgIpc) is 3.55. The Morgan fingerprint density at radius 2 is 0.977 bits per heavy atom. The first kappa shape index (κ1) is 40.1. The molecule has 44 heavy (non-hydrogen) atoms. The van der Waals surface area contributed by atoms with Gasteiger partial charge in [0.25, 0.3) is 0 Å². The van der Waals surface area contributed by atoms with Crippen molar-refractivity contribution in [3.63, 3.8) is 0 Å². The molecule has 0 bridgehead atoms. The van der Waals surface area contributed by atoms with Crippen LogP contribution in [0.4, 0.5) is 0 Å². The van der Waals surface area contributed by atoms with Gasteiger partial charge in [-0.25, -0.2) is 4.98 Å². The van der Waals surface area contributed by atoms with Gasteiger partial charge in [-0.3, -0.25) is 9.59 Å². The lowest BCUT2D eigenvalue weighted by atomic mass is 10.1. The van der Waals surface area contributed by atoms with E-state index in [0.717, 1.165) is 44.6 Å². The SMILES string of the molecule is CCCCCCCCCCCCCNC(=O)CCN(CCC(=O)NCCCCCCCCCCCCC)CCc1cnc[nH]1. The van der Waals surface area contributed by atoms with Crippen molar-refractivity contribution in [2.75, 3.05) is 32.7 Å². The number of hydrogen-bond donors (Lipinski definition) is 3. The summed E-state index contributed by atoms with van der Waals surface area (Å²) < 4.78 is 0. The number of carbonyl (C=O) groups excluding carboxylic acids is 2. The molecular formula is C37H71N5O2. The van der Waals surface area contributed by atoms with Gasteiger partial charge >= 0.3 is 0 Å². The maximum absolute atomic E-state index is 12.5. The third-order valence-corrected chi connectivity index (χ3v) is 8.77. The molecule has 3 N–H and O–H groups in total. The number of nitrogens with zero attached hydrogens (tertiary/aromatic N) is 2. The van der Waals surface area contributed by atoms with Crippen LogP contribution in [0.1, 0.15) is 174 Å². The summed E-state index contributed by atoms with van der Waals surface area (Å²) in [6.45, 7) is 8.22. The van der Waals surface area contributed by atoms with Crippen LogP contribution in [0.25, 0.3) is 0 Å². The summed E-state index contributed by atoms with van der Waals surface area (Å²) in [5.41, 5.74) is 1.08. The molecule has 0 aliphatic carbocycles. The van der Waals surface area contributed by atoms with E-state index in [0.29, 0.717) is 25.9 Å². The van der Waals surface area contributed by atoms with Gasteiger partial charge in [-0.1, -0.05) is 142 Å². The Hall–Kier alpha value is -1.89. The summed E-state index contributed by atoms with van der Waals surface area (Å²) in [5.74, 6) is 0.231. The van der Waals surface area contributed by atoms with Gasteiger partial charge in [-0.05, 0) is 12.8 Å². The van der Waals surface area contributed by atoms with E-state index in [-0.39, 0.29) is 11.8 Å². The van der Waals surface area contributed by atoms with Gasteiger partial charge in [0.05, 0.1) is 6.33 Å². The fourth-order valence-electron chi connectivity index (χ4n) is 5.77. The molecule has 1 aromatic heterocycles. The first-order valence-electron chi connectivity index (χ1n) is 18.9. The van der Waals surface area contributed by atoms with Crippen molar-refractivity contribution in [1.29, 1.82) is 0 Å². The lowest BCUT2D eigenvalue weighted by Gasteiger charge is -2.21. The van der Waals surface area contributed by atoms with Gasteiger partial charge in [-0.15, -0.1) is 0 Å². The molecule has 2 amide bonds. The maximum atomic E-state index is 12.5. The molecule has 256 valence electrons. The summed E-state index contributed by atoms with van der Waals surface area (Å²) in [7, 11) is 0. The van der Waals surface area contributed by atoms with E-state index in [2.05, 4.69) is 39.3 Å². The molecule has 0 aliphatic rings. The highest BCUT2D eigenvalue weighted by atomic mass is 16.2. The minimum atomic E-state index is 0.115. The van der Waals surface area contributed by atoms with Gasteiger partial charge in [0.2, 0.25) is 11.8 Å². The van der Waals surface area contributed by atoms with Crippen LogP contribution < -0.4 is 10.6 Å². The standard InChI is InChI=1S/C37H71N5O2/c1-3-5-7-9-11-13-15-17-19-21-23-28-39-36(43)26-31-42(30-25-35-33-38-34-41-35)32-27-37(44)40-29-24-22-20-18-16-14-12-10-8-6-4-2/h33-34H,3-32H2,1-2H3,(H,38,41)(H,39,43)(H,40,44). The Morgan fingerprint density at radius 3 is 1.34 bits per heavy atom. The molecule has 1 heterocycles. The molecule has 0 radical (unpaired) electrons. The molecule has 7 heteroatoms. The second kappa shape index (κ2) is 31.1. The summed E-state index contributed by atoms with van der Waals surface area (Å²) in [4.78, 5) is 34.5. The van der Waals surface area contributed by atoms with Crippen molar-refractivity contribution in [2.45, 2.75) is 174 Å². The Bertz CT molecular complexity index is 711. The van der Waals surface area contributed by atoms with Crippen LogP contribution in [0, 0.1) is 0 Å². The Balaban J connectivity index is 2.12. The summed E-state index contributed by atoms with van der Waals surface area (Å²) >= 11 is 0. The van der Waals surface area contributed by atoms with E-state index in [4.69, 9.17) is 0 Å². The molecule has 1 aromatic rings. The molecule has 7 nitrogen and oxygen atoms in total. The predicted octanol–water partition coefficient (Wildman–Crippen LogP) is 8.89. The lowest BCUT2D eigenvalue weighted by molar-refractivity contribution is -0.121. The van der Waals surface area contributed by atoms with Gasteiger partial charge in [0, 0.05) is 63.9 Å². The third-order valence-electron chi connectivity index (χ3n) is 8.77. The number of aromatic nitrogens is 2. The van der Waals surface area contributed by atoms with E-state index in [1.165, 1.54) is 128 Å². The monoisotopic (exact) mass is 618 g/mol. The second-order valence-electron chi connectivity index (χ2n) is 12.9.